The Bertz CT molecular complexity index is 422. The Kier molecular flexibility index (Phi) is 4.21. The molecule has 17 heavy (non-hydrogen) atoms. The van der Waals surface area contributed by atoms with Crippen LogP contribution >= 0.6 is 0 Å². The number of carbonyl (C=O) groups is 2. The quantitative estimate of drug-likeness (QED) is 0.605. The van der Waals surface area contributed by atoms with Gasteiger partial charge in [-0.25, -0.2) is 4.79 Å². The van der Waals surface area contributed by atoms with Crippen LogP contribution in [0, 0.1) is 0 Å². The summed E-state index contributed by atoms with van der Waals surface area (Å²) in [6.45, 7) is 5.43. The van der Waals surface area contributed by atoms with Gasteiger partial charge in [-0.3, -0.25) is 4.79 Å². The van der Waals surface area contributed by atoms with Crippen LogP contribution in [0.2, 0.25) is 0 Å². The second-order valence-corrected chi connectivity index (χ2v) is 3.93. The number of ketones is 1. The molecule has 0 bridgehead atoms. The minimum atomic E-state index is -1.39. The maximum absolute atomic E-state index is 11.9. The summed E-state index contributed by atoms with van der Waals surface area (Å²) in [6.07, 6.45) is 2.37. The standard InChI is InChI=1S/C14H16O3/c1-3-10-14(4-2,12(15)13(16)17)11-8-6-5-7-9-11/h3,5-9H,1,4,10H2,2H3,(H,16,17). The van der Waals surface area contributed by atoms with Crippen molar-refractivity contribution < 1.29 is 14.7 Å². The minimum absolute atomic E-state index is 0.332. The minimum Gasteiger partial charge on any atom is -0.475 e. The van der Waals surface area contributed by atoms with E-state index in [1.54, 1.807) is 30.3 Å². The van der Waals surface area contributed by atoms with Crippen LogP contribution < -0.4 is 0 Å². The molecule has 0 radical (unpaired) electrons. The smallest absolute Gasteiger partial charge is 0.373 e. The van der Waals surface area contributed by atoms with Crippen LogP contribution in [0.15, 0.2) is 43.0 Å². The second-order valence-electron chi connectivity index (χ2n) is 3.93. The summed E-state index contributed by atoms with van der Waals surface area (Å²) >= 11 is 0. The Hall–Kier alpha value is -1.90. The summed E-state index contributed by atoms with van der Waals surface area (Å²) in [5, 5.41) is 8.95. The van der Waals surface area contributed by atoms with E-state index in [-0.39, 0.29) is 0 Å². The lowest BCUT2D eigenvalue weighted by Crippen LogP contribution is -2.39. The topological polar surface area (TPSA) is 54.4 Å². The average Bonchev–Trinajstić information content (AvgIpc) is 2.36. The van der Waals surface area contributed by atoms with Crippen molar-refractivity contribution >= 4 is 11.8 Å². The third-order valence-electron chi connectivity index (χ3n) is 3.05. The molecule has 1 rings (SSSR count). The fourth-order valence-electron chi connectivity index (χ4n) is 2.06. The molecule has 0 aliphatic heterocycles. The van der Waals surface area contributed by atoms with Crippen molar-refractivity contribution in [3.63, 3.8) is 0 Å². The van der Waals surface area contributed by atoms with Gasteiger partial charge in [0.25, 0.3) is 5.78 Å². The largest absolute Gasteiger partial charge is 0.475 e. The van der Waals surface area contributed by atoms with Crippen molar-refractivity contribution in [3.8, 4) is 0 Å². The van der Waals surface area contributed by atoms with Crippen molar-refractivity contribution in [3.05, 3.63) is 48.6 Å². The zero-order chi connectivity index (χ0) is 12.9. The molecule has 1 atom stereocenters. The number of Topliss-reactive ketones (excluding diaryl/α,β-unsaturated/α-hetero) is 1. The molecule has 0 saturated heterocycles. The normalized spacial score (nSPS) is 13.7. The maximum Gasteiger partial charge on any atom is 0.373 e. The van der Waals surface area contributed by atoms with Gasteiger partial charge in [0.2, 0.25) is 0 Å². The summed E-state index contributed by atoms with van der Waals surface area (Å²) in [6, 6.07) is 9.01. The van der Waals surface area contributed by atoms with Crippen molar-refractivity contribution in [1.29, 1.82) is 0 Å². The molecule has 90 valence electrons. The first-order valence-electron chi connectivity index (χ1n) is 5.52. The summed E-state index contributed by atoms with van der Waals surface area (Å²) in [5.41, 5.74) is -0.260. The highest BCUT2D eigenvalue weighted by Crippen LogP contribution is 2.33. The Morgan fingerprint density at radius 3 is 2.35 bits per heavy atom. The highest BCUT2D eigenvalue weighted by Gasteiger charge is 2.40. The van der Waals surface area contributed by atoms with E-state index in [0.29, 0.717) is 12.8 Å². The molecule has 1 aromatic rings. The molecule has 1 unspecified atom stereocenters. The van der Waals surface area contributed by atoms with Crippen molar-refractivity contribution in [2.75, 3.05) is 0 Å². The molecule has 1 aromatic carbocycles. The van der Waals surface area contributed by atoms with Gasteiger partial charge in [-0.05, 0) is 18.4 Å². The predicted molar refractivity (Wildman–Crippen MR) is 65.9 cm³/mol. The monoisotopic (exact) mass is 232 g/mol. The van der Waals surface area contributed by atoms with E-state index in [9.17, 15) is 9.59 Å². The molecule has 0 spiro atoms. The van der Waals surface area contributed by atoms with Gasteiger partial charge in [-0.15, -0.1) is 6.58 Å². The van der Waals surface area contributed by atoms with Crippen LogP contribution in [0.5, 0.6) is 0 Å². The molecule has 3 heteroatoms. The van der Waals surface area contributed by atoms with Crippen LogP contribution in [-0.2, 0) is 15.0 Å². The lowest BCUT2D eigenvalue weighted by atomic mass is 9.72. The number of rotatable bonds is 6. The second kappa shape index (κ2) is 5.43. The number of benzene rings is 1. The van der Waals surface area contributed by atoms with Gasteiger partial charge in [0.15, 0.2) is 0 Å². The van der Waals surface area contributed by atoms with Gasteiger partial charge < -0.3 is 5.11 Å². The first kappa shape index (κ1) is 13.2. The summed E-state index contributed by atoms with van der Waals surface area (Å²) < 4.78 is 0. The summed E-state index contributed by atoms with van der Waals surface area (Å²) in [4.78, 5) is 22.9. The molecule has 3 nitrogen and oxygen atoms in total. The Labute approximate surface area is 101 Å². The third kappa shape index (κ3) is 2.44. The van der Waals surface area contributed by atoms with Gasteiger partial charge in [-0.2, -0.15) is 0 Å². The zero-order valence-electron chi connectivity index (χ0n) is 9.85. The fourth-order valence-corrected chi connectivity index (χ4v) is 2.06. The van der Waals surface area contributed by atoms with E-state index in [0.717, 1.165) is 5.56 Å². The molecule has 0 fully saturated rings. The molecule has 1 N–H and O–H groups in total. The van der Waals surface area contributed by atoms with Crippen molar-refractivity contribution in [2.24, 2.45) is 0 Å². The Balaban J connectivity index is 3.32. The van der Waals surface area contributed by atoms with Gasteiger partial charge in [0, 0.05) is 0 Å². The van der Waals surface area contributed by atoms with Crippen molar-refractivity contribution in [1.82, 2.24) is 0 Å². The van der Waals surface area contributed by atoms with Gasteiger partial charge in [0.05, 0.1) is 5.41 Å². The first-order chi connectivity index (χ1) is 8.08. The predicted octanol–water partition coefficient (Wildman–Crippen LogP) is 2.56. The van der Waals surface area contributed by atoms with Crippen LogP contribution in [-0.4, -0.2) is 16.9 Å². The molecular weight excluding hydrogens is 216 g/mol. The SMILES string of the molecule is C=CCC(CC)(C(=O)C(=O)O)c1ccccc1. The Morgan fingerprint density at radius 1 is 1.35 bits per heavy atom. The molecule has 0 amide bonds. The molecular formula is C14H16O3. The van der Waals surface area contributed by atoms with Crippen LogP contribution in [0.25, 0.3) is 0 Å². The first-order valence-corrected chi connectivity index (χ1v) is 5.52. The highest BCUT2D eigenvalue weighted by molar-refractivity contribution is 6.36. The van der Waals surface area contributed by atoms with Crippen LogP contribution in [0.3, 0.4) is 0 Å². The number of carboxylic acids is 1. The van der Waals surface area contributed by atoms with Gasteiger partial charge in [0.1, 0.15) is 0 Å². The number of carbonyl (C=O) groups excluding carboxylic acids is 1. The fraction of sp³-hybridized carbons (Fsp3) is 0.286. The maximum atomic E-state index is 11.9. The van der Waals surface area contributed by atoms with E-state index < -0.39 is 17.2 Å². The molecule has 0 saturated carbocycles. The highest BCUT2D eigenvalue weighted by atomic mass is 16.4. The molecule has 0 aromatic heterocycles. The summed E-state index contributed by atoms with van der Waals surface area (Å²) in [5.74, 6) is -2.16. The number of aliphatic carboxylic acids is 1. The van der Waals surface area contributed by atoms with E-state index >= 15 is 0 Å². The molecule has 0 heterocycles. The molecule has 0 aliphatic rings. The Morgan fingerprint density at radius 2 is 1.94 bits per heavy atom. The van der Waals surface area contributed by atoms with E-state index in [1.807, 2.05) is 13.0 Å². The van der Waals surface area contributed by atoms with E-state index in [2.05, 4.69) is 6.58 Å². The number of hydrogen-bond acceptors (Lipinski definition) is 2. The van der Waals surface area contributed by atoms with E-state index in [1.165, 1.54) is 0 Å². The number of allylic oxidation sites excluding steroid dienone is 1. The number of carboxylic acid groups (broad SMARTS) is 1. The van der Waals surface area contributed by atoms with Gasteiger partial charge >= 0.3 is 5.97 Å². The van der Waals surface area contributed by atoms with Gasteiger partial charge in [-0.1, -0.05) is 43.3 Å². The lowest BCUT2D eigenvalue weighted by molar-refractivity contribution is -0.152. The van der Waals surface area contributed by atoms with Crippen LogP contribution in [0.4, 0.5) is 0 Å². The lowest BCUT2D eigenvalue weighted by Gasteiger charge is -2.28. The van der Waals surface area contributed by atoms with E-state index in [4.69, 9.17) is 5.11 Å². The van der Waals surface area contributed by atoms with Crippen molar-refractivity contribution in [2.45, 2.75) is 25.2 Å². The number of hydrogen-bond donors (Lipinski definition) is 1. The molecule has 0 aliphatic carbocycles. The zero-order valence-corrected chi connectivity index (χ0v) is 9.85. The average molecular weight is 232 g/mol. The summed E-state index contributed by atoms with van der Waals surface area (Å²) in [7, 11) is 0. The third-order valence-corrected chi connectivity index (χ3v) is 3.05. The van der Waals surface area contributed by atoms with Crippen LogP contribution in [0.1, 0.15) is 25.3 Å².